The Hall–Kier alpha value is -4.52. The fourth-order valence-electron chi connectivity index (χ4n) is 4.59. The number of aryl methyl sites for hydroxylation is 3. The number of ether oxygens (including phenoxy) is 1. The van der Waals surface area contributed by atoms with Crippen LogP contribution in [-0.4, -0.2) is 31.2 Å². The summed E-state index contributed by atoms with van der Waals surface area (Å²) >= 11 is 0. The molecule has 0 saturated carbocycles. The predicted octanol–water partition coefficient (Wildman–Crippen LogP) is 4.90. The molecule has 0 N–H and O–H groups in total. The second kappa shape index (κ2) is 8.92. The highest BCUT2D eigenvalue weighted by Gasteiger charge is 2.20. The molecule has 7 nitrogen and oxygen atoms in total. The van der Waals surface area contributed by atoms with Crippen molar-refractivity contribution < 1.29 is 4.74 Å². The Balaban J connectivity index is 1.49. The van der Waals surface area contributed by atoms with E-state index >= 15 is 0 Å². The Morgan fingerprint density at radius 1 is 0.833 bits per heavy atom. The van der Waals surface area contributed by atoms with E-state index in [2.05, 4.69) is 24.3 Å². The average Bonchev–Trinajstić information content (AvgIpc) is 3.22. The van der Waals surface area contributed by atoms with Gasteiger partial charge < -0.3 is 9.30 Å². The number of hydrogen-bond donors (Lipinski definition) is 0. The van der Waals surface area contributed by atoms with Crippen LogP contribution in [0.1, 0.15) is 16.7 Å². The number of aromatic nitrogens is 5. The SMILES string of the molecule is COc1ccc(CCn2c3nc4ccccc4nc3c3c(=O)n(Cc4ccc(C)cc4)cnc32)cc1. The van der Waals surface area contributed by atoms with Gasteiger partial charge in [-0.1, -0.05) is 54.1 Å². The number of para-hydroxylation sites is 2. The molecule has 0 aliphatic heterocycles. The molecule has 0 spiro atoms. The highest BCUT2D eigenvalue weighted by Crippen LogP contribution is 2.25. The van der Waals surface area contributed by atoms with Gasteiger partial charge in [0.2, 0.25) is 0 Å². The first-order chi connectivity index (χ1) is 17.6. The predicted molar refractivity (Wildman–Crippen MR) is 142 cm³/mol. The summed E-state index contributed by atoms with van der Waals surface area (Å²) in [5, 5.41) is 0.507. The van der Waals surface area contributed by atoms with Crippen LogP contribution >= 0.6 is 0 Å². The minimum Gasteiger partial charge on any atom is -0.497 e. The van der Waals surface area contributed by atoms with Crippen molar-refractivity contribution in [3.05, 3.63) is 106 Å². The van der Waals surface area contributed by atoms with Crippen LogP contribution in [-0.2, 0) is 19.5 Å². The molecule has 0 unspecified atom stereocenters. The van der Waals surface area contributed by atoms with Crippen LogP contribution < -0.4 is 10.3 Å². The van der Waals surface area contributed by atoms with Crippen LogP contribution in [0.4, 0.5) is 0 Å². The zero-order valence-electron chi connectivity index (χ0n) is 20.2. The summed E-state index contributed by atoms with van der Waals surface area (Å²) in [5.41, 5.74) is 6.70. The Morgan fingerprint density at radius 2 is 1.53 bits per heavy atom. The molecule has 0 radical (unpaired) electrons. The molecule has 0 atom stereocenters. The quantitative estimate of drug-likeness (QED) is 0.342. The number of nitrogens with zero attached hydrogens (tertiary/aromatic N) is 5. The summed E-state index contributed by atoms with van der Waals surface area (Å²) < 4.78 is 8.95. The maximum absolute atomic E-state index is 13.7. The van der Waals surface area contributed by atoms with E-state index in [0.717, 1.165) is 34.3 Å². The highest BCUT2D eigenvalue weighted by atomic mass is 16.5. The zero-order chi connectivity index (χ0) is 24.6. The molecule has 6 rings (SSSR count). The van der Waals surface area contributed by atoms with E-state index in [1.54, 1.807) is 18.0 Å². The Kier molecular flexibility index (Phi) is 5.45. The fraction of sp³-hybridized carbons (Fsp3) is 0.172. The van der Waals surface area contributed by atoms with Gasteiger partial charge in [-0.15, -0.1) is 0 Å². The van der Waals surface area contributed by atoms with Crippen molar-refractivity contribution >= 4 is 33.2 Å². The second-order valence-corrected chi connectivity index (χ2v) is 9.00. The van der Waals surface area contributed by atoms with Crippen LogP contribution in [0.25, 0.3) is 33.2 Å². The minimum absolute atomic E-state index is 0.113. The zero-order valence-corrected chi connectivity index (χ0v) is 20.2. The summed E-state index contributed by atoms with van der Waals surface area (Å²) in [6, 6.07) is 23.9. The molecule has 0 amide bonds. The number of fused-ring (bicyclic) bond motifs is 4. The summed E-state index contributed by atoms with van der Waals surface area (Å²) in [5.74, 6) is 0.823. The van der Waals surface area contributed by atoms with Crippen LogP contribution in [0.5, 0.6) is 5.75 Å². The fourth-order valence-corrected chi connectivity index (χ4v) is 4.59. The molecule has 0 bridgehead atoms. The van der Waals surface area contributed by atoms with Gasteiger partial charge in [-0.2, -0.15) is 0 Å². The number of rotatable bonds is 6. The molecule has 0 aliphatic rings. The van der Waals surface area contributed by atoms with Gasteiger partial charge >= 0.3 is 0 Å². The van der Waals surface area contributed by atoms with Gasteiger partial charge in [0.25, 0.3) is 5.56 Å². The van der Waals surface area contributed by atoms with Crippen LogP contribution in [0.3, 0.4) is 0 Å². The van der Waals surface area contributed by atoms with Crippen molar-refractivity contribution in [2.75, 3.05) is 7.11 Å². The van der Waals surface area contributed by atoms with Crippen LogP contribution in [0.15, 0.2) is 83.9 Å². The van der Waals surface area contributed by atoms with Crippen molar-refractivity contribution in [3.63, 3.8) is 0 Å². The third-order valence-corrected chi connectivity index (χ3v) is 6.57. The highest BCUT2D eigenvalue weighted by molar-refractivity contribution is 6.04. The Bertz CT molecular complexity index is 1770. The van der Waals surface area contributed by atoms with Crippen molar-refractivity contribution in [1.82, 2.24) is 24.1 Å². The van der Waals surface area contributed by atoms with E-state index in [4.69, 9.17) is 19.7 Å². The second-order valence-electron chi connectivity index (χ2n) is 9.00. The Labute approximate surface area is 207 Å². The van der Waals surface area contributed by atoms with Gasteiger partial charge in [0, 0.05) is 6.54 Å². The summed E-state index contributed by atoms with van der Waals surface area (Å²) in [4.78, 5) is 28.3. The van der Waals surface area contributed by atoms with E-state index < -0.39 is 0 Å². The topological polar surface area (TPSA) is 74.8 Å². The molecule has 0 saturated heterocycles. The van der Waals surface area contributed by atoms with Crippen molar-refractivity contribution in [1.29, 1.82) is 0 Å². The summed E-state index contributed by atoms with van der Waals surface area (Å²) in [6.45, 7) is 3.11. The van der Waals surface area contributed by atoms with Gasteiger partial charge in [-0.3, -0.25) is 9.36 Å². The normalized spacial score (nSPS) is 11.5. The molecule has 6 aromatic rings. The van der Waals surface area contributed by atoms with Gasteiger partial charge in [0.15, 0.2) is 11.3 Å². The van der Waals surface area contributed by atoms with E-state index in [0.29, 0.717) is 35.3 Å². The lowest BCUT2D eigenvalue weighted by Gasteiger charge is -2.09. The van der Waals surface area contributed by atoms with Crippen LogP contribution in [0, 0.1) is 6.92 Å². The molecule has 178 valence electrons. The van der Waals surface area contributed by atoms with Crippen molar-refractivity contribution in [2.45, 2.75) is 26.4 Å². The Morgan fingerprint density at radius 3 is 2.25 bits per heavy atom. The monoisotopic (exact) mass is 475 g/mol. The number of hydrogen-bond acceptors (Lipinski definition) is 5. The summed E-state index contributed by atoms with van der Waals surface area (Å²) in [7, 11) is 1.66. The first-order valence-electron chi connectivity index (χ1n) is 11.9. The van der Waals surface area contributed by atoms with Gasteiger partial charge in [0.1, 0.15) is 23.0 Å². The molecule has 3 heterocycles. The van der Waals surface area contributed by atoms with Gasteiger partial charge in [-0.25, -0.2) is 15.0 Å². The lowest BCUT2D eigenvalue weighted by molar-refractivity contribution is 0.414. The standard InChI is InChI=1S/C29H25N5O2/c1-19-7-9-21(10-8-19)17-33-18-30-27-25(29(33)35)26-28(32-24-6-4-3-5-23(24)31-26)34(27)16-15-20-11-13-22(36-2)14-12-20/h3-14,18H,15-17H2,1-2H3. The number of methoxy groups -OCH3 is 1. The van der Waals surface area contributed by atoms with Crippen LogP contribution in [0.2, 0.25) is 0 Å². The average molecular weight is 476 g/mol. The maximum Gasteiger partial charge on any atom is 0.265 e. The molecule has 0 aliphatic carbocycles. The van der Waals surface area contributed by atoms with Crippen molar-refractivity contribution in [2.24, 2.45) is 0 Å². The van der Waals surface area contributed by atoms with E-state index in [1.165, 1.54) is 5.56 Å². The van der Waals surface area contributed by atoms with Gasteiger partial charge in [-0.05, 0) is 48.7 Å². The summed E-state index contributed by atoms with van der Waals surface area (Å²) in [6.07, 6.45) is 2.39. The molecule has 36 heavy (non-hydrogen) atoms. The third kappa shape index (κ3) is 3.88. The first-order valence-corrected chi connectivity index (χ1v) is 11.9. The van der Waals surface area contributed by atoms with E-state index in [-0.39, 0.29) is 5.56 Å². The molecular weight excluding hydrogens is 450 g/mol. The lowest BCUT2D eigenvalue weighted by Crippen LogP contribution is -2.21. The van der Waals surface area contributed by atoms with Gasteiger partial charge in [0.05, 0.1) is 24.7 Å². The third-order valence-electron chi connectivity index (χ3n) is 6.57. The van der Waals surface area contributed by atoms with Crippen molar-refractivity contribution in [3.8, 4) is 5.75 Å². The number of benzene rings is 3. The maximum atomic E-state index is 13.7. The van der Waals surface area contributed by atoms with E-state index in [9.17, 15) is 4.79 Å². The minimum atomic E-state index is -0.113. The molecule has 3 aromatic carbocycles. The lowest BCUT2D eigenvalue weighted by atomic mass is 10.1. The van der Waals surface area contributed by atoms with E-state index in [1.807, 2.05) is 60.0 Å². The molecule has 7 heteroatoms. The molecular formula is C29H25N5O2. The largest absolute Gasteiger partial charge is 0.497 e. The first kappa shape index (κ1) is 22.0. The molecule has 0 fully saturated rings. The molecule has 3 aromatic heterocycles. The smallest absolute Gasteiger partial charge is 0.265 e.